The van der Waals surface area contributed by atoms with Gasteiger partial charge in [-0.15, -0.1) is 0 Å². The van der Waals surface area contributed by atoms with Gasteiger partial charge in [0.25, 0.3) is 0 Å². The second kappa shape index (κ2) is 4.55. The third-order valence-corrected chi connectivity index (χ3v) is 3.78. The highest BCUT2D eigenvalue weighted by Crippen LogP contribution is 2.30. The number of rotatable bonds is 1. The fourth-order valence-corrected chi connectivity index (χ4v) is 2.77. The number of anilines is 1. The zero-order chi connectivity index (χ0) is 15.3. The molecule has 0 aliphatic carbocycles. The van der Waals surface area contributed by atoms with Gasteiger partial charge in [0.15, 0.2) is 5.65 Å². The minimum absolute atomic E-state index is 0.261. The van der Waals surface area contributed by atoms with E-state index in [1.807, 2.05) is 31.4 Å². The van der Waals surface area contributed by atoms with Gasteiger partial charge in [-0.3, -0.25) is 4.57 Å². The van der Waals surface area contributed by atoms with E-state index in [0.717, 1.165) is 33.5 Å². The Morgan fingerprint density at radius 2 is 1.76 bits per heavy atom. The number of hydrogen-bond acceptors (Lipinski definition) is 3. The maximum absolute atomic E-state index is 13.7. The van der Waals surface area contributed by atoms with Gasteiger partial charge in [0, 0.05) is 5.69 Å². The van der Waals surface area contributed by atoms with Crippen LogP contribution in [0.25, 0.3) is 16.7 Å². The number of nitrogen functional groups attached to an aromatic ring is 1. The molecule has 108 valence electrons. The summed E-state index contributed by atoms with van der Waals surface area (Å²) in [5.41, 5.74) is 10.4. The number of aromatic nitrogens is 3. The molecule has 5 heteroatoms. The number of nitrogens with two attached hydrogens (primary N) is 1. The monoisotopic (exact) mass is 284 g/mol. The molecule has 0 amide bonds. The van der Waals surface area contributed by atoms with Gasteiger partial charge >= 0.3 is 0 Å². The molecule has 0 radical (unpaired) electrons. The first-order chi connectivity index (χ1) is 9.88. The van der Waals surface area contributed by atoms with Gasteiger partial charge in [-0.2, -0.15) is 0 Å². The smallest absolute Gasteiger partial charge is 0.150 e. The lowest BCUT2D eigenvalue weighted by molar-refractivity contribution is 0.625. The molecular weight excluding hydrogens is 267 g/mol. The lowest BCUT2D eigenvalue weighted by Gasteiger charge is -2.09. The minimum atomic E-state index is -0.261. The van der Waals surface area contributed by atoms with Gasteiger partial charge in [0.05, 0.1) is 11.1 Å². The van der Waals surface area contributed by atoms with Crippen LogP contribution in [-0.2, 0) is 0 Å². The predicted octanol–water partition coefficient (Wildman–Crippen LogP) is 3.38. The molecular formula is C16H17FN4. The molecule has 0 atom stereocenters. The Kier molecular flexibility index (Phi) is 2.93. The van der Waals surface area contributed by atoms with Crippen molar-refractivity contribution in [3.05, 3.63) is 46.7 Å². The van der Waals surface area contributed by atoms with Crippen molar-refractivity contribution >= 4 is 16.9 Å². The number of benzene rings is 1. The summed E-state index contributed by atoms with van der Waals surface area (Å²) >= 11 is 0. The molecule has 3 aromatic rings. The first-order valence-corrected chi connectivity index (χ1v) is 6.77. The molecule has 2 aromatic heterocycles. The van der Waals surface area contributed by atoms with E-state index in [4.69, 9.17) is 5.73 Å². The molecule has 2 N–H and O–H groups in total. The van der Waals surface area contributed by atoms with Gasteiger partial charge in [0.2, 0.25) is 0 Å². The molecule has 0 aliphatic heterocycles. The molecule has 4 nitrogen and oxygen atoms in total. The molecule has 0 saturated heterocycles. The van der Waals surface area contributed by atoms with E-state index in [1.165, 1.54) is 12.1 Å². The van der Waals surface area contributed by atoms with Crippen LogP contribution in [0.3, 0.4) is 0 Å². The molecule has 0 fully saturated rings. The SMILES string of the molecule is Cc1cc(F)cc(-n2c(C)c(C)c3c(N)nc(C)nc32)c1. The second-order valence-corrected chi connectivity index (χ2v) is 5.39. The maximum atomic E-state index is 13.7. The molecule has 0 bridgehead atoms. The van der Waals surface area contributed by atoms with Crippen molar-refractivity contribution in [2.75, 3.05) is 5.73 Å². The summed E-state index contributed by atoms with van der Waals surface area (Å²) in [7, 11) is 0. The van der Waals surface area contributed by atoms with Crippen LogP contribution in [0.2, 0.25) is 0 Å². The van der Waals surface area contributed by atoms with Crippen molar-refractivity contribution in [3.8, 4) is 5.69 Å². The Balaban J connectivity index is 2.45. The Morgan fingerprint density at radius 1 is 1.05 bits per heavy atom. The summed E-state index contributed by atoms with van der Waals surface area (Å²) in [5.74, 6) is 0.805. The van der Waals surface area contributed by atoms with Crippen molar-refractivity contribution in [1.29, 1.82) is 0 Å². The molecule has 1 aromatic carbocycles. The normalized spacial score (nSPS) is 11.3. The van der Waals surface area contributed by atoms with Crippen LogP contribution >= 0.6 is 0 Å². The summed E-state index contributed by atoms with van der Waals surface area (Å²) in [6.45, 7) is 7.63. The summed E-state index contributed by atoms with van der Waals surface area (Å²) in [6, 6.07) is 4.95. The average Bonchev–Trinajstić information content (AvgIpc) is 2.60. The Bertz CT molecular complexity index is 844. The Labute approximate surface area is 122 Å². The summed E-state index contributed by atoms with van der Waals surface area (Å²) in [6.07, 6.45) is 0. The molecule has 0 spiro atoms. The standard InChI is InChI=1S/C16H17FN4/c1-8-5-12(17)7-13(6-8)21-10(3)9(2)14-15(18)19-11(4)20-16(14)21/h5-7H,1-4H3,(H2,18,19,20). The lowest BCUT2D eigenvalue weighted by Crippen LogP contribution is -2.02. The number of nitrogens with zero attached hydrogens (tertiary/aromatic N) is 3. The largest absolute Gasteiger partial charge is 0.383 e. The quantitative estimate of drug-likeness (QED) is 0.745. The number of fused-ring (bicyclic) bond motifs is 1. The van der Waals surface area contributed by atoms with Crippen LogP contribution in [0.4, 0.5) is 10.2 Å². The van der Waals surface area contributed by atoms with Crippen molar-refractivity contribution in [1.82, 2.24) is 14.5 Å². The van der Waals surface area contributed by atoms with Crippen LogP contribution in [-0.4, -0.2) is 14.5 Å². The van der Waals surface area contributed by atoms with Crippen molar-refractivity contribution in [3.63, 3.8) is 0 Å². The van der Waals surface area contributed by atoms with Gasteiger partial charge < -0.3 is 5.73 Å². The fraction of sp³-hybridized carbons (Fsp3) is 0.250. The number of hydrogen-bond donors (Lipinski definition) is 1. The highest BCUT2D eigenvalue weighted by molar-refractivity contribution is 5.92. The van der Waals surface area contributed by atoms with Crippen LogP contribution in [0.5, 0.6) is 0 Å². The van der Waals surface area contributed by atoms with Crippen LogP contribution in [0, 0.1) is 33.5 Å². The van der Waals surface area contributed by atoms with Crippen molar-refractivity contribution in [2.24, 2.45) is 0 Å². The topological polar surface area (TPSA) is 56.7 Å². The van der Waals surface area contributed by atoms with Crippen LogP contribution in [0.15, 0.2) is 18.2 Å². The van der Waals surface area contributed by atoms with Gasteiger partial charge in [-0.1, -0.05) is 0 Å². The zero-order valence-corrected chi connectivity index (χ0v) is 12.5. The highest BCUT2D eigenvalue weighted by atomic mass is 19.1. The predicted molar refractivity (Wildman–Crippen MR) is 82.2 cm³/mol. The minimum Gasteiger partial charge on any atom is -0.383 e. The summed E-state index contributed by atoms with van der Waals surface area (Å²) in [4.78, 5) is 8.73. The number of aryl methyl sites for hydroxylation is 3. The molecule has 2 heterocycles. The highest BCUT2D eigenvalue weighted by Gasteiger charge is 2.17. The van der Waals surface area contributed by atoms with E-state index in [0.29, 0.717) is 11.6 Å². The Morgan fingerprint density at radius 3 is 2.43 bits per heavy atom. The van der Waals surface area contributed by atoms with Crippen LogP contribution in [0.1, 0.15) is 22.6 Å². The summed E-state index contributed by atoms with van der Waals surface area (Å²) < 4.78 is 15.7. The first-order valence-electron chi connectivity index (χ1n) is 6.77. The van der Waals surface area contributed by atoms with Crippen LogP contribution < -0.4 is 5.73 Å². The van der Waals surface area contributed by atoms with Crippen molar-refractivity contribution < 1.29 is 4.39 Å². The first kappa shape index (κ1) is 13.5. The molecule has 0 aliphatic rings. The van der Waals surface area contributed by atoms with E-state index in [-0.39, 0.29) is 5.82 Å². The van der Waals surface area contributed by atoms with Gasteiger partial charge in [-0.05, 0) is 57.0 Å². The summed E-state index contributed by atoms with van der Waals surface area (Å²) in [5, 5.41) is 0.833. The van der Waals surface area contributed by atoms with Gasteiger partial charge in [0.1, 0.15) is 17.5 Å². The van der Waals surface area contributed by atoms with E-state index < -0.39 is 0 Å². The van der Waals surface area contributed by atoms with E-state index >= 15 is 0 Å². The average molecular weight is 284 g/mol. The lowest BCUT2D eigenvalue weighted by atomic mass is 10.2. The van der Waals surface area contributed by atoms with Crippen molar-refractivity contribution in [2.45, 2.75) is 27.7 Å². The number of halogens is 1. The Hall–Kier alpha value is -2.43. The molecule has 21 heavy (non-hydrogen) atoms. The third kappa shape index (κ3) is 2.05. The fourth-order valence-electron chi connectivity index (χ4n) is 2.77. The molecule has 0 saturated carbocycles. The second-order valence-electron chi connectivity index (χ2n) is 5.39. The third-order valence-electron chi connectivity index (χ3n) is 3.78. The molecule has 3 rings (SSSR count). The molecule has 0 unspecified atom stereocenters. The van der Waals surface area contributed by atoms with E-state index in [9.17, 15) is 4.39 Å². The maximum Gasteiger partial charge on any atom is 0.150 e. The van der Waals surface area contributed by atoms with E-state index in [2.05, 4.69) is 9.97 Å². The van der Waals surface area contributed by atoms with Gasteiger partial charge in [-0.25, -0.2) is 14.4 Å². The van der Waals surface area contributed by atoms with E-state index in [1.54, 1.807) is 6.92 Å². The zero-order valence-electron chi connectivity index (χ0n) is 12.5.